The lowest BCUT2D eigenvalue weighted by Gasteiger charge is -2.05. The van der Waals surface area contributed by atoms with Crippen LogP contribution in [0.2, 0.25) is 0 Å². The van der Waals surface area contributed by atoms with Crippen molar-refractivity contribution in [2.24, 2.45) is 5.73 Å². The van der Waals surface area contributed by atoms with E-state index >= 15 is 0 Å². The van der Waals surface area contributed by atoms with Gasteiger partial charge in [-0.1, -0.05) is 0 Å². The molecule has 0 saturated carbocycles. The fraction of sp³-hybridized carbons (Fsp3) is 0.154. The van der Waals surface area contributed by atoms with Crippen LogP contribution in [-0.2, 0) is 13.0 Å². The van der Waals surface area contributed by atoms with E-state index in [1.54, 1.807) is 36.8 Å². The highest BCUT2D eigenvalue weighted by molar-refractivity contribution is 5.98. The van der Waals surface area contributed by atoms with Crippen molar-refractivity contribution in [3.8, 4) is 0 Å². The van der Waals surface area contributed by atoms with E-state index in [1.165, 1.54) is 0 Å². The number of carbonyl (C=O) groups excluding carboxylic acids is 1. The van der Waals surface area contributed by atoms with Gasteiger partial charge in [0.2, 0.25) is 0 Å². The molecule has 0 amide bonds. The van der Waals surface area contributed by atoms with Crippen LogP contribution in [0.25, 0.3) is 0 Å². The van der Waals surface area contributed by atoms with E-state index in [9.17, 15) is 4.79 Å². The molecule has 0 spiro atoms. The molecule has 0 aromatic carbocycles. The summed E-state index contributed by atoms with van der Waals surface area (Å²) >= 11 is 0. The number of pyridine rings is 2. The Kier molecular flexibility index (Phi) is 3.64. The number of aromatic nitrogens is 2. The highest BCUT2D eigenvalue weighted by Gasteiger charge is 2.10. The molecule has 0 aliphatic carbocycles. The van der Waals surface area contributed by atoms with Crippen molar-refractivity contribution in [1.82, 2.24) is 9.97 Å². The molecule has 0 aliphatic rings. The van der Waals surface area contributed by atoms with Crippen molar-refractivity contribution in [3.63, 3.8) is 0 Å². The van der Waals surface area contributed by atoms with E-state index in [-0.39, 0.29) is 12.2 Å². The molecular weight excluding hydrogens is 228 g/mol. The third-order valence-electron chi connectivity index (χ3n) is 2.64. The Hall–Kier alpha value is -2.27. The standard InChI is InChI=1S/C13H14N4O/c14-7-11-5-9(1-4-17-11)13(18)6-10-8-16-3-2-12(10)15/h1-5,8H,6-7,14H2,(H2,15,16). The molecule has 92 valence electrons. The molecule has 0 aliphatic heterocycles. The summed E-state index contributed by atoms with van der Waals surface area (Å²) in [6.07, 6.45) is 5.02. The molecule has 0 radical (unpaired) electrons. The quantitative estimate of drug-likeness (QED) is 0.778. The minimum absolute atomic E-state index is 0.0215. The molecule has 2 heterocycles. The molecule has 2 aromatic heterocycles. The highest BCUT2D eigenvalue weighted by atomic mass is 16.1. The maximum absolute atomic E-state index is 12.1. The van der Waals surface area contributed by atoms with E-state index in [1.807, 2.05) is 0 Å². The Balaban J connectivity index is 2.19. The molecule has 0 unspecified atom stereocenters. The second-order valence-electron chi connectivity index (χ2n) is 3.91. The van der Waals surface area contributed by atoms with E-state index in [2.05, 4.69) is 9.97 Å². The topological polar surface area (TPSA) is 94.9 Å². The zero-order valence-electron chi connectivity index (χ0n) is 9.84. The summed E-state index contributed by atoms with van der Waals surface area (Å²) in [7, 11) is 0. The van der Waals surface area contributed by atoms with E-state index < -0.39 is 0 Å². The minimum Gasteiger partial charge on any atom is -0.398 e. The van der Waals surface area contributed by atoms with Crippen LogP contribution in [0, 0.1) is 0 Å². The summed E-state index contributed by atoms with van der Waals surface area (Å²) in [5.41, 5.74) is 13.9. The van der Waals surface area contributed by atoms with Crippen molar-refractivity contribution in [2.75, 3.05) is 5.73 Å². The average Bonchev–Trinajstić information content (AvgIpc) is 2.41. The highest BCUT2D eigenvalue weighted by Crippen LogP contribution is 2.13. The molecule has 5 heteroatoms. The fourth-order valence-corrected chi connectivity index (χ4v) is 1.62. The lowest BCUT2D eigenvalue weighted by atomic mass is 10.0. The van der Waals surface area contributed by atoms with Crippen LogP contribution in [0.4, 0.5) is 5.69 Å². The van der Waals surface area contributed by atoms with Crippen LogP contribution >= 0.6 is 0 Å². The van der Waals surface area contributed by atoms with Crippen LogP contribution in [0.5, 0.6) is 0 Å². The summed E-state index contributed by atoms with van der Waals surface area (Å²) in [4.78, 5) is 20.1. The monoisotopic (exact) mass is 242 g/mol. The van der Waals surface area contributed by atoms with Gasteiger partial charge >= 0.3 is 0 Å². The zero-order valence-corrected chi connectivity index (χ0v) is 9.84. The maximum Gasteiger partial charge on any atom is 0.167 e. The van der Waals surface area contributed by atoms with Crippen molar-refractivity contribution < 1.29 is 4.79 Å². The Labute approximate surface area is 105 Å². The Morgan fingerprint density at radius 2 is 2.11 bits per heavy atom. The first-order valence-corrected chi connectivity index (χ1v) is 5.57. The van der Waals surface area contributed by atoms with Gasteiger partial charge in [0.1, 0.15) is 0 Å². The first-order valence-electron chi connectivity index (χ1n) is 5.57. The Bertz CT molecular complexity index is 568. The molecule has 18 heavy (non-hydrogen) atoms. The van der Waals surface area contributed by atoms with E-state index in [0.717, 1.165) is 5.56 Å². The Morgan fingerprint density at radius 3 is 2.83 bits per heavy atom. The second kappa shape index (κ2) is 5.37. The molecule has 5 nitrogen and oxygen atoms in total. The van der Waals surface area contributed by atoms with E-state index in [4.69, 9.17) is 11.5 Å². The van der Waals surface area contributed by atoms with Crippen molar-refractivity contribution in [2.45, 2.75) is 13.0 Å². The number of ketones is 1. The molecule has 2 rings (SSSR count). The third kappa shape index (κ3) is 2.70. The van der Waals surface area contributed by atoms with Gasteiger partial charge in [-0.2, -0.15) is 0 Å². The predicted molar refractivity (Wildman–Crippen MR) is 68.8 cm³/mol. The largest absolute Gasteiger partial charge is 0.398 e. The predicted octanol–water partition coefficient (Wildman–Crippen LogP) is 0.943. The maximum atomic E-state index is 12.1. The van der Waals surface area contributed by atoms with Crippen LogP contribution in [-0.4, -0.2) is 15.8 Å². The molecule has 0 saturated heterocycles. The number of anilines is 1. The number of hydrogen-bond acceptors (Lipinski definition) is 5. The summed E-state index contributed by atoms with van der Waals surface area (Å²) in [5.74, 6) is -0.0215. The van der Waals surface area contributed by atoms with Gasteiger partial charge in [-0.3, -0.25) is 14.8 Å². The minimum atomic E-state index is -0.0215. The lowest BCUT2D eigenvalue weighted by molar-refractivity contribution is 0.0993. The molecular formula is C13H14N4O. The van der Waals surface area contributed by atoms with Gasteiger partial charge in [-0.15, -0.1) is 0 Å². The lowest BCUT2D eigenvalue weighted by Crippen LogP contribution is -2.08. The molecule has 4 N–H and O–H groups in total. The normalized spacial score (nSPS) is 10.3. The number of Topliss-reactive ketones (excluding diaryl/α,β-unsaturated/α-hetero) is 1. The van der Waals surface area contributed by atoms with Crippen LogP contribution in [0.15, 0.2) is 36.8 Å². The van der Waals surface area contributed by atoms with Gasteiger partial charge in [0.25, 0.3) is 0 Å². The van der Waals surface area contributed by atoms with Gasteiger partial charge in [-0.25, -0.2) is 0 Å². The van der Waals surface area contributed by atoms with Crippen LogP contribution in [0.1, 0.15) is 21.6 Å². The summed E-state index contributed by atoms with van der Waals surface area (Å²) in [5, 5.41) is 0. The molecule has 0 bridgehead atoms. The van der Waals surface area contributed by atoms with Gasteiger partial charge in [0.15, 0.2) is 5.78 Å². The summed E-state index contributed by atoms with van der Waals surface area (Å²) in [6, 6.07) is 5.06. The number of nitrogens with two attached hydrogens (primary N) is 2. The second-order valence-corrected chi connectivity index (χ2v) is 3.91. The summed E-state index contributed by atoms with van der Waals surface area (Å²) < 4.78 is 0. The number of carbonyl (C=O) groups is 1. The molecule has 2 aromatic rings. The van der Waals surface area contributed by atoms with Crippen molar-refractivity contribution in [1.29, 1.82) is 0 Å². The summed E-state index contributed by atoms with van der Waals surface area (Å²) in [6.45, 7) is 0.316. The van der Waals surface area contributed by atoms with Gasteiger partial charge < -0.3 is 11.5 Å². The van der Waals surface area contributed by atoms with Gasteiger partial charge in [0.05, 0.1) is 5.69 Å². The van der Waals surface area contributed by atoms with Crippen molar-refractivity contribution >= 4 is 11.5 Å². The first kappa shape index (κ1) is 12.2. The smallest absolute Gasteiger partial charge is 0.167 e. The number of nitrogens with zero attached hydrogens (tertiary/aromatic N) is 2. The van der Waals surface area contributed by atoms with Crippen LogP contribution < -0.4 is 11.5 Å². The Morgan fingerprint density at radius 1 is 1.28 bits per heavy atom. The van der Waals surface area contributed by atoms with Gasteiger partial charge in [0, 0.05) is 48.4 Å². The SMILES string of the molecule is NCc1cc(C(=O)Cc2cnccc2N)ccn1. The first-order chi connectivity index (χ1) is 8.70. The average molecular weight is 242 g/mol. The molecule has 0 atom stereocenters. The van der Waals surface area contributed by atoms with Gasteiger partial charge in [-0.05, 0) is 18.2 Å². The zero-order chi connectivity index (χ0) is 13.0. The van der Waals surface area contributed by atoms with Crippen molar-refractivity contribution in [3.05, 3.63) is 53.6 Å². The van der Waals surface area contributed by atoms with E-state index in [0.29, 0.717) is 23.5 Å². The molecule has 0 fully saturated rings. The number of nitrogen functional groups attached to an aromatic ring is 1. The van der Waals surface area contributed by atoms with Crippen LogP contribution in [0.3, 0.4) is 0 Å². The third-order valence-corrected chi connectivity index (χ3v) is 2.64. The number of rotatable bonds is 4. The fourth-order valence-electron chi connectivity index (χ4n) is 1.62. The number of hydrogen-bond donors (Lipinski definition) is 2.